The first-order valence-corrected chi connectivity index (χ1v) is 13.1. The van der Waals surface area contributed by atoms with Crippen LogP contribution in [0.3, 0.4) is 0 Å². The Morgan fingerprint density at radius 3 is 1.03 bits per heavy atom. The lowest BCUT2D eigenvalue weighted by molar-refractivity contribution is -0.840. The van der Waals surface area contributed by atoms with E-state index >= 15 is 0 Å². The summed E-state index contributed by atoms with van der Waals surface area (Å²) in [6, 6.07) is 0. The number of rotatable bonds is 21. The minimum Gasteiger partial charge on any atom is -0.633 e. The molecule has 3 nitrogen and oxygen atoms in total. The first-order chi connectivity index (χ1) is 14.0. The topological polar surface area (TPSA) is 43.3 Å². The van der Waals surface area contributed by atoms with E-state index in [-0.39, 0.29) is 4.65 Å². The Hall–Kier alpha value is -0.120. The van der Waals surface area contributed by atoms with Crippen molar-refractivity contribution in [1.82, 2.24) is 0 Å². The van der Waals surface area contributed by atoms with E-state index in [9.17, 15) is 5.21 Å². The molecule has 0 rings (SSSR count). The SMILES string of the molecule is CCCCCCCCCCCCCC[N+](C)(C)[O-].CCCCCCCCCCO. The average Bonchev–Trinajstić information content (AvgIpc) is 2.68. The molecule has 0 aliphatic carbocycles. The van der Waals surface area contributed by atoms with Crippen molar-refractivity contribution < 1.29 is 9.75 Å². The number of hydrogen-bond donors (Lipinski definition) is 1. The van der Waals surface area contributed by atoms with Crippen LogP contribution in [0.1, 0.15) is 142 Å². The van der Waals surface area contributed by atoms with Gasteiger partial charge in [-0.1, -0.05) is 123 Å². The first kappa shape index (κ1) is 31.1. The van der Waals surface area contributed by atoms with Crippen LogP contribution in [0.25, 0.3) is 0 Å². The number of hydrogen-bond acceptors (Lipinski definition) is 2. The molecule has 29 heavy (non-hydrogen) atoms. The largest absolute Gasteiger partial charge is 0.633 e. The fraction of sp³-hybridized carbons (Fsp3) is 1.00. The highest BCUT2D eigenvalue weighted by Crippen LogP contribution is 2.12. The molecule has 0 aliphatic heterocycles. The molecule has 0 atom stereocenters. The molecular formula is C26H57NO2. The zero-order valence-electron chi connectivity index (χ0n) is 20.9. The van der Waals surface area contributed by atoms with Crippen LogP contribution in [0.15, 0.2) is 0 Å². The maximum atomic E-state index is 11.3. The maximum absolute atomic E-state index is 11.3. The maximum Gasteiger partial charge on any atom is 0.0779 e. The van der Waals surface area contributed by atoms with Crippen molar-refractivity contribution in [1.29, 1.82) is 0 Å². The van der Waals surface area contributed by atoms with Gasteiger partial charge in [0.1, 0.15) is 0 Å². The summed E-state index contributed by atoms with van der Waals surface area (Å²) in [6.07, 6.45) is 26.7. The van der Waals surface area contributed by atoms with Gasteiger partial charge >= 0.3 is 0 Å². The molecule has 0 aromatic heterocycles. The number of aliphatic hydroxyl groups is 1. The number of aliphatic hydroxyl groups excluding tert-OH is 1. The molecule has 0 aliphatic rings. The third-order valence-corrected chi connectivity index (χ3v) is 5.56. The molecule has 178 valence electrons. The standard InChI is InChI=1S/C16H35NO.C10H22O/c1-4-5-6-7-8-9-10-11-12-13-14-15-16-17(2,3)18;1-2-3-4-5-6-7-8-9-10-11/h4-16H2,1-3H3;11H,2-10H2,1H3. The summed E-state index contributed by atoms with van der Waals surface area (Å²) in [4.78, 5) is 0. The summed E-state index contributed by atoms with van der Waals surface area (Å²) in [5.41, 5.74) is 0. The van der Waals surface area contributed by atoms with Crippen LogP contribution in [0.5, 0.6) is 0 Å². The molecule has 0 aromatic carbocycles. The lowest BCUT2D eigenvalue weighted by Gasteiger charge is -2.33. The van der Waals surface area contributed by atoms with Crippen LogP contribution in [-0.4, -0.2) is 37.0 Å². The molecule has 0 aromatic rings. The summed E-state index contributed by atoms with van der Waals surface area (Å²) in [7, 11) is 3.47. The van der Waals surface area contributed by atoms with Crippen LogP contribution in [0, 0.1) is 5.21 Å². The predicted octanol–water partition coefficient (Wildman–Crippen LogP) is 8.38. The van der Waals surface area contributed by atoms with Crippen molar-refractivity contribution >= 4 is 0 Å². The molecule has 0 unspecified atom stereocenters. The second-order valence-electron chi connectivity index (χ2n) is 9.39. The van der Waals surface area contributed by atoms with Crippen molar-refractivity contribution in [2.24, 2.45) is 0 Å². The normalized spacial score (nSPS) is 11.4. The van der Waals surface area contributed by atoms with Gasteiger partial charge in [0.05, 0.1) is 20.6 Å². The minimum absolute atomic E-state index is 0.127. The van der Waals surface area contributed by atoms with E-state index in [1.54, 1.807) is 14.1 Å². The van der Waals surface area contributed by atoms with E-state index in [0.717, 1.165) is 19.4 Å². The van der Waals surface area contributed by atoms with Crippen LogP contribution < -0.4 is 0 Å². The highest BCUT2D eigenvalue weighted by atomic mass is 16.5. The van der Waals surface area contributed by atoms with E-state index < -0.39 is 0 Å². The van der Waals surface area contributed by atoms with E-state index in [1.807, 2.05) is 0 Å². The van der Waals surface area contributed by atoms with E-state index in [1.165, 1.54) is 116 Å². The minimum atomic E-state index is -0.127. The highest BCUT2D eigenvalue weighted by molar-refractivity contribution is 4.48. The van der Waals surface area contributed by atoms with Crippen LogP contribution in [0.4, 0.5) is 0 Å². The Bertz CT molecular complexity index is 268. The third-order valence-electron chi connectivity index (χ3n) is 5.56. The van der Waals surface area contributed by atoms with Gasteiger partial charge < -0.3 is 15.0 Å². The number of nitrogens with zero attached hydrogens (tertiary/aromatic N) is 1. The third kappa shape index (κ3) is 35.7. The molecule has 0 bridgehead atoms. The average molecular weight is 416 g/mol. The van der Waals surface area contributed by atoms with E-state index in [0.29, 0.717) is 6.61 Å². The molecular weight excluding hydrogens is 358 g/mol. The zero-order valence-corrected chi connectivity index (χ0v) is 20.9. The van der Waals surface area contributed by atoms with Gasteiger partial charge in [0.2, 0.25) is 0 Å². The lowest BCUT2D eigenvalue weighted by atomic mass is 10.1. The van der Waals surface area contributed by atoms with Gasteiger partial charge in [-0.2, -0.15) is 0 Å². The van der Waals surface area contributed by atoms with Gasteiger partial charge in [-0.05, 0) is 19.3 Å². The van der Waals surface area contributed by atoms with Gasteiger partial charge in [0.25, 0.3) is 0 Å². The van der Waals surface area contributed by atoms with Crippen LogP contribution in [-0.2, 0) is 0 Å². The molecule has 1 N–H and O–H groups in total. The van der Waals surface area contributed by atoms with Gasteiger partial charge in [-0.15, -0.1) is 0 Å². The van der Waals surface area contributed by atoms with Gasteiger partial charge in [-0.3, -0.25) is 0 Å². The van der Waals surface area contributed by atoms with Crippen molar-refractivity contribution in [3.8, 4) is 0 Å². The fourth-order valence-electron chi connectivity index (χ4n) is 3.58. The number of hydroxylamine groups is 3. The summed E-state index contributed by atoms with van der Waals surface area (Å²) in [5.74, 6) is 0. The summed E-state index contributed by atoms with van der Waals surface area (Å²) in [6.45, 7) is 5.66. The molecule has 0 saturated heterocycles. The van der Waals surface area contributed by atoms with Gasteiger partial charge in [0, 0.05) is 6.61 Å². The van der Waals surface area contributed by atoms with Gasteiger partial charge in [-0.25, -0.2) is 0 Å². The Morgan fingerprint density at radius 2 is 0.759 bits per heavy atom. The Balaban J connectivity index is 0. The van der Waals surface area contributed by atoms with Crippen molar-refractivity contribution in [2.45, 2.75) is 142 Å². The second kappa shape index (κ2) is 25.9. The van der Waals surface area contributed by atoms with E-state index in [4.69, 9.17) is 5.11 Å². The number of quaternary nitrogens is 1. The Morgan fingerprint density at radius 1 is 0.483 bits per heavy atom. The summed E-state index contributed by atoms with van der Waals surface area (Å²) in [5, 5.41) is 19.8. The highest BCUT2D eigenvalue weighted by Gasteiger charge is 2.00. The Labute approximate surface area is 184 Å². The first-order valence-electron chi connectivity index (χ1n) is 13.1. The van der Waals surface area contributed by atoms with Crippen LogP contribution in [0.2, 0.25) is 0 Å². The predicted molar refractivity (Wildman–Crippen MR) is 131 cm³/mol. The molecule has 0 amide bonds. The molecule has 0 heterocycles. The summed E-state index contributed by atoms with van der Waals surface area (Å²) < 4.78 is -0.127. The quantitative estimate of drug-likeness (QED) is 0.116. The number of unbranched alkanes of at least 4 members (excludes halogenated alkanes) is 18. The fourth-order valence-corrected chi connectivity index (χ4v) is 3.58. The molecule has 0 saturated carbocycles. The van der Waals surface area contributed by atoms with Crippen molar-refractivity contribution in [2.75, 3.05) is 27.2 Å². The summed E-state index contributed by atoms with van der Waals surface area (Å²) >= 11 is 0. The molecule has 0 fully saturated rings. The zero-order chi connectivity index (χ0) is 22.1. The van der Waals surface area contributed by atoms with Crippen molar-refractivity contribution in [3.63, 3.8) is 0 Å². The monoisotopic (exact) mass is 415 g/mol. The second-order valence-corrected chi connectivity index (χ2v) is 9.39. The van der Waals surface area contributed by atoms with Crippen LogP contribution >= 0.6 is 0 Å². The van der Waals surface area contributed by atoms with Gasteiger partial charge in [0.15, 0.2) is 0 Å². The van der Waals surface area contributed by atoms with Crippen molar-refractivity contribution in [3.05, 3.63) is 5.21 Å². The molecule has 0 spiro atoms. The Kier molecular flexibility index (Phi) is 27.8. The lowest BCUT2D eigenvalue weighted by Crippen LogP contribution is -2.32. The smallest absolute Gasteiger partial charge is 0.0779 e. The van der Waals surface area contributed by atoms with E-state index in [2.05, 4.69) is 13.8 Å². The molecule has 3 heteroatoms. The molecule has 0 radical (unpaired) electrons.